The molecule has 30 heavy (non-hydrogen) atoms. The van der Waals surface area contributed by atoms with Gasteiger partial charge in [-0.1, -0.05) is 18.2 Å². The minimum atomic E-state index is -4.43. The van der Waals surface area contributed by atoms with Gasteiger partial charge in [-0.15, -0.1) is 0 Å². The second-order valence-electron chi connectivity index (χ2n) is 7.50. The van der Waals surface area contributed by atoms with Gasteiger partial charge in [0.2, 0.25) is 0 Å². The third kappa shape index (κ3) is 6.12. The number of rotatable bonds is 7. The zero-order valence-corrected chi connectivity index (χ0v) is 17.1. The van der Waals surface area contributed by atoms with E-state index < -0.39 is 17.8 Å². The molecule has 2 heterocycles. The van der Waals surface area contributed by atoms with E-state index in [4.69, 9.17) is 4.74 Å². The second-order valence-corrected chi connectivity index (χ2v) is 7.50. The summed E-state index contributed by atoms with van der Waals surface area (Å²) in [5.41, 5.74) is -0.779. The minimum absolute atomic E-state index is 0.0707. The fraction of sp³-hybridized carbons (Fsp3) is 0.571. The number of nitrogens with zero attached hydrogens (tertiary/aromatic N) is 3. The lowest BCUT2D eigenvalue weighted by Crippen LogP contribution is -2.43. The molecule has 0 amide bonds. The Kier molecular flexibility index (Phi) is 7.60. The molecule has 0 aliphatic carbocycles. The number of ether oxygens (including phenoxy) is 1. The molecule has 6 nitrogen and oxygen atoms in total. The average molecular weight is 426 g/mol. The van der Waals surface area contributed by atoms with Crippen molar-refractivity contribution >= 4 is 5.96 Å². The molecule has 2 atom stereocenters. The van der Waals surface area contributed by atoms with Crippen LogP contribution in [0.5, 0.6) is 5.75 Å². The summed E-state index contributed by atoms with van der Waals surface area (Å²) in [6.07, 6.45) is 0.0786. The van der Waals surface area contributed by atoms with Crippen molar-refractivity contribution in [3.63, 3.8) is 0 Å². The molecule has 0 aromatic heterocycles. The van der Waals surface area contributed by atoms with E-state index in [1.54, 1.807) is 0 Å². The minimum Gasteiger partial charge on any atom is -0.491 e. The zero-order chi connectivity index (χ0) is 21.6. The maximum atomic E-state index is 12.8. The van der Waals surface area contributed by atoms with Crippen molar-refractivity contribution in [1.82, 2.24) is 15.1 Å². The summed E-state index contributed by atoms with van der Waals surface area (Å²) in [7, 11) is 0. The predicted molar refractivity (Wildman–Crippen MR) is 110 cm³/mol. The number of likely N-dealkylation sites (tertiary alicyclic amines) is 1. The number of aliphatic hydroxyl groups is 1. The summed E-state index contributed by atoms with van der Waals surface area (Å²) >= 11 is 0. The Labute approximate surface area is 175 Å². The largest absolute Gasteiger partial charge is 0.491 e. The van der Waals surface area contributed by atoms with Crippen LogP contribution in [0.1, 0.15) is 18.9 Å². The van der Waals surface area contributed by atoms with E-state index in [9.17, 15) is 18.3 Å². The van der Waals surface area contributed by atoms with E-state index in [1.165, 1.54) is 12.1 Å². The van der Waals surface area contributed by atoms with E-state index in [1.807, 2.05) is 6.92 Å². The molecule has 1 aromatic carbocycles. The van der Waals surface area contributed by atoms with Crippen molar-refractivity contribution in [1.29, 1.82) is 0 Å². The molecule has 1 saturated heterocycles. The Morgan fingerprint density at radius 2 is 2.10 bits per heavy atom. The van der Waals surface area contributed by atoms with Crippen LogP contribution in [0, 0.1) is 0 Å². The lowest BCUT2D eigenvalue weighted by Gasteiger charge is -2.25. The molecule has 0 bridgehead atoms. The van der Waals surface area contributed by atoms with Gasteiger partial charge >= 0.3 is 6.18 Å². The molecule has 166 valence electrons. The summed E-state index contributed by atoms with van der Waals surface area (Å²) in [6.45, 7) is 6.41. The van der Waals surface area contributed by atoms with Gasteiger partial charge in [-0.05, 0) is 31.5 Å². The van der Waals surface area contributed by atoms with Gasteiger partial charge in [-0.3, -0.25) is 9.89 Å². The van der Waals surface area contributed by atoms with Crippen LogP contribution in [0.4, 0.5) is 13.2 Å². The number of guanidine groups is 1. The number of halogens is 3. The lowest BCUT2D eigenvalue weighted by molar-refractivity contribution is -0.137. The number of aliphatic imine (C=N–C) groups is 1. The van der Waals surface area contributed by atoms with Crippen LogP contribution in [0.2, 0.25) is 0 Å². The molecular weight excluding hydrogens is 397 g/mol. The van der Waals surface area contributed by atoms with Crippen molar-refractivity contribution in [2.24, 2.45) is 4.99 Å². The highest BCUT2D eigenvalue weighted by Crippen LogP contribution is 2.31. The summed E-state index contributed by atoms with van der Waals surface area (Å²) < 4.78 is 43.7. The molecule has 2 aliphatic heterocycles. The number of benzene rings is 1. The monoisotopic (exact) mass is 426 g/mol. The maximum absolute atomic E-state index is 12.8. The van der Waals surface area contributed by atoms with E-state index in [0.29, 0.717) is 12.6 Å². The SMILES string of the molecule is CCNC(=NCC(O)COc1cccc(C(F)(F)F)c1)N1CCC(N2CC=CC2)C1. The quantitative estimate of drug-likeness (QED) is 0.398. The molecule has 2 aliphatic rings. The first-order valence-corrected chi connectivity index (χ1v) is 10.3. The van der Waals surface area contributed by atoms with Crippen LogP contribution in [0.15, 0.2) is 41.4 Å². The van der Waals surface area contributed by atoms with E-state index in [2.05, 4.69) is 32.3 Å². The zero-order valence-electron chi connectivity index (χ0n) is 17.1. The first-order valence-electron chi connectivity index (χ1n) is 10.3. The molecule has 1 aromatic rings. The van der Waals surface area contributed by atoms with Gasteiger partial charge in [-0.2, -0.15) is 13.2 Å². The van der Waals surface area contributed by atoms with Gasteiger partial charge in [0.1, 0.15) is 18.5 Å². The van der Waals surface area contributed by atoms with Crippen LogP contribution in [0.25, 0.3) is 0 Å². The van der Waals surface area contributed by atoms with Crippen LogP contribution >= 0.6 is 0 Å². The Bertz CT molecular complexity index is 746. The topological polar surface area (TPSA) is 60.3 Å². The summed E-state index contributed by atoms with van der Waals surface area (Å²) in [5, 5.41) is 13.5. The first kappa shape index (κ1) is 22.4. The molecule has 9 heteroatoms. The smallest absolute Gasteiger partial charge is 0.416 e. The van der Waals surface area contributed by atoms with Gasteiger partial charge in [0.05, 0.1) is 12.1 Å². The van der Waals surface area contributed by atoms with Crippen molar-refractivity contribution in [2.75, 3.05) is 45.9 Å². The third-order valence-electron chi connectivity index (χ3n) is 5.22. The highest BCUT2D eigenvalue weighted by Gasteiger charge is 2.31. The number of nitrogens with one attached hydrogen (secondary N) is 1. The van der Waals surface area contributed by atoms with Crippen LogP contribution in [-0.4, -0.2) is 78.9 Å². The van der Waals surface area contributed by atoms with Gasteiger partial charge in [-0.25, -0.2) is 0 Å². The van der Waals surface area contributed by atoms with Crippen molar-refractivity contribution in [3.05, 3.63) is 42.0 Å². The Hall–Kier alpha value is -2.26. The van der Waals surface area contributed by atoms with E-state index in [0.717, 1.165) is 50.7 Å². The number of alkyl halides is 3. The molecule has 0 radical (unpaired) electrons. The molecule has 0 saturated carbocycles. The first-order chi connectivity index (χ1) is 14.4. The van der Waals surface area contributed by atoms with Crippen LogP contribution in [-0.2, 0) is 6.18 Å². The Balaban J connectivity index is 1.51. The molecule has 2 unspecified atom stereocenters. The standard InChI is InChI=1S/C21H29F3N4O2/c1-2-25-20(28-11-8-17(14-28)27-9-3-4-10-27)26-13-18(29)15-30-19-7-5-6-16(12-19)21(22,23)24/h3-7,12,17-18,29H,2,8-11,13-15H2,1H3,(H,25,26). The van der Waals surface area contributed by atoms with E-state index in [-0.39, 0.29) is 18.9 Å². The fourth-order valence-electron chi connectivity index (χ4n) is 3.65. The fourth-order valence-corrected chi connectivity index (χ4v) is 3.65. The van der Waals surface area contributed by atoms with E-state index >= 15 is 0 Å². The van der Waals surface area contributed by atoms with Crippen LogP contribution < -0.4 is 10.1 Å². The van der Waals surface area contributed by atoms with Gasteiger partial charge in [0.25, 0.3) is 0 Å². The third-order valence-corrected chi connectivity index (χ3v) is 5.22. The molecule has 2 N–H and O–H groups in total. The van der Waals surface area contributed by atoms with Crippen molar-refractivity contribution in [3.8, 4) is 5.75 Å². The van der Waals surface area contributed by atoms with Crippen molar-refractivity contribution in [2.45, 2.75) is 31.7 Å². The van der Waals surface area contributed by atoms with Gasteiger partial charge in [0.15, 0.2) is 5.96 Å². The lowest BCUT2D eigenvalue weighted by atomic mass is 10.2. The predicted octanol–water partition coefficient (Wildman–Crippen LogP) is 2.36. The van der Waals surface area contributed by atoms with Gasteiger partial charge in [0, 0.05) is 38.8 Å². The van der Waals surface area contributed by atoms with Gasteiger partial charge < -0.3 is 20.1 Å². The highest BCUT2D eigenvalue weighted by molar-refractivity contribution is 5.80. The highest BCUT2D eigenvalue weighted by atomic mass is 19.4. The van der Waals surface area contributed by atoms with Crippen molar-refractivity contribution < 1.29 is 23.0 Å². The second kappa shape index (κ2) is 10.2. The molecule has 1 fully saturated rings. The average Bonchev–Trinajstić information content (AvgIpc) is 3.41. The molecule has 0 spiro atoms. The number of hydrogen-bond donors (Lipinski definition) is 2. The maximum Gasteiger partial charge on any atom is 0.416 e. The summed E-state index contributed by atoms with van der Waals surface area (Å²) in [4.78, 5) is 9.13. The Morgan fingerprint density at radius 3 is 2.80 bits per heavy atom. The summed E-state index contributed by atoms with van der Waals surface area (Å²) in [6, 6.07) is 5.12. The Morgan fingerprint density at radius 1 is 1.33 bits per heavy atom. The summed E-state index contributed by atoms with van der Waals surface area (Å²) in [5.74, 6) is 0.812. The molecule has 3 rings (SSSR count). The number of hydrogen-bond acceptors (Lipinski definition) is 4. The molecular formula is C21H29F3N4O2. The number of aliphatic hydroxyl groups excluding tert-OH is 1. The normalized spacial score (nSPS) is 21.3. The van der Waals surface area contributed by atoms with Crippen LogP contribution in [0.3, 0.4) is 0 Å².